The molecule has 8 nitrogen and oxygen atoms in total. The third-order valence-electron chi connectivity index (χ3n) is 8.77. The molecule has 0 unspecified atom stereocenters. The van der Waals surface area contributed by atoms with Gasteiger partial charge in [0, 0.05) is 25.7 Å². The highest BCUT2D eigenvalue weighted by atomic mass is 16.5. The number of nitrogens with one attached hydrogen (secondary N) is 2. The van der Waals surface area contributed by atoms with Gasteiger partial charge in [0.2, 0.25) is 11.9 Å². The number of carbonyl (C=O) groups excluding carboxylic acids is 1. The molecule has 1 amide bonds. The van der Waals surface area contributed by atoms with Gasteiger partial charge >= 0.3 is 0 Å². The predicted octanol–water partition coefficient (Wildman–Crippen LogP) is 4.30. The fourth-order valence-electron chi connectivity index (χ4n) is 6.44. The Kier molecular flexibility index (Phi) is 7.39. The molecule has 0 atom stereocenters. The van der Waals surface area contributed by atoms with Crippen LogP contribution in [0.1, 0.15) is 29.5 Å². The third kappa shape index (κ3) is 5.38. The van der Waals surface area contributed by atoms with Crippen LogP contribution in [0, 0.1) is 11.3 Å². The van der Waals surface area contributed by atoms with Crippen LogP contribution in [0.3, 0.4) is 0 Å². The lowest BCUT2D eigenvalue weighted by molar-refractivity contribution is -0.132. The maximum absolute atomic E-state index is 13.9. The van der Waals surface area contributed by atoms with Gasteiger partial charge in [-0.05, 0) is 60.8 Å². The van der Waals surface area contributed by atoms with E-state index in [9.17, 15) is 9.59 Å². The minimum Gasteiger partial charge on any atom is -0.493 e. The first-order valence-corrected chi connectivity index (χ1v) is 14.3. The molecule has 2 heterocycles. The van der Waals surface area contributed by atoms with E-state index >= 15 is 0 Å². The number of hydrogen-bond acceptors (Lipinski definition) is 6. The molecule has 0 spiro atoms. The van der Waals surface area contributed by atoms with Gasteiger partial charge in [-0.15, -0.1) is 0 Å². The van der Waals surface area contributed by atoms with Gasteiger partial charge in [-0.25, -0.2) is 4.98 Å². The Morgan fingerprint density at radius 2 is 1.61 bits per heavy atom. The second-order valence-corrected chi connectivity index (χ2v) is 11.3. The highest BCUT2D eigenvalue weighted by molar-refractivity contribution is 5.84. The van der Waals surface area contributed by atoms with E-state index in [1.165, 1.54) is 18.2 Å². The van der Waals surface area contributed by atoms with Crippen molar-refractivity contribution in [3.8, 4) is 11.5 Å². The third-order valence-corrected chi connectivity index (χ3v) is 8.77. The van der Waals surface area contributed by atoms with Crippen molar-refractivity contribution < 1.29 is 14.3 Å². The summed E-state index contributed by atoms with van der Waals surface area (Å²) in [6, 6.07) is 22.2. The second kappa shape index (κ2) is 11.3. The van der Waals surface area contributed by atoms with Crippen molar-refractivity contribution in [1.82, 2.24) is 15.3 Å². The summed E-state index contributed by atoms with van der Waals surface area (Å²) in [5, 5.41) is 3.79. The number of fused-ring (bicyclic) bond motifs is 2. The number of aromatic amines is 1. The highest BCUT2D eigenvalue weighted by Crippen LogP contribution is 2.37. The van der Waals surface area contributed by atoms with Crippen molar-refractivity contribution in [1.29, 1.82) is 0 Å². The zero-order chi connectivity index (χ0) is 28.4. The lowest BCUT2D eigenvalue weighted by atomic mass is 9.73. The SMILES string of the molecule is COc1cc2nc(N3CCC(Cc4ccccc4)(C(=O)NCC4Cc5ccccc5C4)CC3)[nH]c(=O)c2cc1OC. The number of ether oxygens (including phenoxy) is 2. The van der Waals surface area contributed by atoms with Gasteiger partial charge < -0.3 is 19.7 Å². The van der Waals surface area contributed by atoms with Crippen LogP contribution in [-0.2, 0) is 24.1 Å². The molecule has 1 aromatic heterocycles. The summed E-state index contributed by atoms with van der Waals surface area (Å²) in [6.07, 6.45) is 4.01. The number of anilines is 1. The molecule has 8 heteroatoms. The quantitative estimate of drug-likeness (QED) is 0.338. The van der Waals surface area contributed by atoms with E-state index in [-0.39, 0.29) is 11.5 Å². The molecule has 3 aromatic carbocycles. The molecule has 41 heavy (non-hydrogen) atoms. The van der Waals surface area contributed by atoms with Gasteiger partial charge in [0.05, 0.1) is 30.5 Å². The number of aromatic nitrogens is 2. The molecule has 4 aromatic rings. The van der Waals surface area contributed by atoms with Crippen LogP contribution in [-0.4, -0.2) is 49.7 Å². The van der Waals surface area contributed by atoms with Gasteiger partial charge in [0.25, 0.3) is 5.56 Å². The van der Waals surface area contributed by atoms with E-state index in [4.69, 9.17) is 14.5 Å². The summed E-state index contributed by atoms with van der Waals surface area (Å²) < 4.78 is 10.8. The van der Waals surface area contributed by atoms with Gasteiger partial charge in [-0.2, -0.15) is 0 Å². The van der Waals surface area contributed by atoms with Crippen molar-refractivity contribution in [2.45, 2.75) is 32.1 Å². The number of rotatable bonds is 8. The van der Waals surface area contributed by atoms with Crippen LogP contribution >= 0.6 is 0 Å². The maximum atomic E-state index is 13.9. The van der Waals surface area contributed by atoms with E-state index in [0.29, 0.717) is 73.2 Å². The van der Waals surface area contributed by atoms with E-state index in [2.05, 4.69) is 51.6 Å². The molecular weight excluding hydrogens is 516 g/mol. The summed E-state index contributed by atoms with van der Waals surface area (Å²) in [6.45, 7) is 1.90. The molecular formula is C33H36N4O4. The number of benzene rings is 3. The Balaban J connectivity index is 1.20. The largest absolute Gasteiger partial charge is 0.493 e. The molecule has 212 valence electrons. The van der Waals surface area contributed by atoms with Gasteiger partial charge in [0.15, 0.2) is 11.5 Å². The summed E-state index contributed by atoms with van der Waals surface area (Å²) in [5.41, 5.74) is 3.72. The van der Waals surface area contributed by atoms with Gasteiger partial charge in [0.1, 0.15) is 0 Å². The molecule has 6 rings (SSSR count). The zero-order valence-corrected chi connectivity index (χ0v) is 23.6. The number of methoxy groups -OCH3 is 2. The van der Waals surface area contributed by atoms with Gasteiger partial charge in [-0.3, -0.25) is 14.6 Å². The first-order valence-electron chi connectivity index (χ1n) is 14.3. The molecule has 2 aliphatic rings. The Morgan fingerprint density at radius 3 is 2.27 bits per heavy atom. The minimum atomic E-state index is -0.531. The number of hydrogen-bond donors (Lipinski definition) is 2. The van der Waals surface area contributed by atoms with Crippen molar-refractivity contribution in [3.05, 3.63) is 93.8 Å². The lowest BCUT2D eigenvalue weighted by Crippen LogP contribution is -2.51. The van der Waals surface area contributed by atoms with E-state index in [0.717, 1.165) is 18.4 Å². The molecule has 1 saturated heterocycles. The molecule has 1 fully saturated rings. The summed E-state index contributed by atoms with van der Waals surface area (Å²) >= 11 is 0. The Bertz CT molecular complexity index is 1580. The Morgan fingerprint density at radius 1 is 0.976 bits per heavy atom. The Labute approximate surface area is 239 Å². The van der Waals surface area contributed by atoms with Crippen molar-refractivity contribution in [2.24, 2.45) is 11.3 Å². The number of nitrogens with zero attached hydrogens (tertiary/aromatic N) is 2. The van der Waals surface area contributed by atoms with Crippen LogP contribution in [0.2, 0.25) is 0 Å². The first kappa shape index (κ1) is 26.9. The van der Waals surface area contributed by atoms with Crippen LogP contribution in [0.15, 0.2) is 71.5 Å². The standard InChI is InChI=1S/C33H36N4O4/c1-40-28-18-26-27(19-29(28)41-2)35-32(36-30(26)38)37-14-12-33(13-15-37,20-22-8-4-3-5-9-22)31(39)34-21-23-16-24-10-6-7-11-25(24)17-23/h3-11,18-19,23H,12-17,20-21H2,1-2H3,(H,34,39)(H,35,36,38). The average molecular weight is 553 g/mol. The van der Waals surface area contributed by atoms with Crippen LogP contribution in [0.4, 0.5) is 5.95 Å². The van der Waals surface area contributed by atoms with E-state index in [1.807, 2.05) is 18.2 Å². The predicted molar refractivity (Wildman–Crippen MR) is 160 cm³/mol. The summed E-state index contributed by atoms with van der Waals surface area (Å²) in [4.78, 5) is 36.7. The number of carbonyl (C=O) groups is 1. The normalized spacial score (nSPS) is 16.4. The number of piperidine rings is 1. The Hall–Kier alpha value is -4.33. The fourth-order valence-corrected chi connectivity index (χ4v) is 6.44. The summed E-state index contributed by atoms with van der Waals surface area (Å²) in [7, 11) is 3.10. The van der Waals surface area contributed by atoms with Crippen LogP contribution < -0.4 is 25.2 Å². The van der Waals surface area contributed by atoms with Crippen LogP contribution in [0.5, 0.6) is 11.5 Å². The zero-order valence-electron chi connectivity index (χ0n) is 23.6. The molecule has 1 aliphatic carbocycles. The summed E-state index contributed by atoms with van der Waals surface area (Å²) in [5.74, 6) is 2.05. The van der Waals surface area contributed by atoms with Crippen molar-refractivity contribution in [2.75, 3.05) is 38.8 Å². The smallest absolute Gasteiger partial charge is 0.260 e. The maximum Gasteiger partial charge on any atom is 0.260 e. The number of amides is 1. The minimum absolute atomic E-state index is 0.119. The van der Waals surface area contributed by atoms with Crippen LogP contribution in [0.25, 0.3) is 10.9 Å². The monoisotopic (exact) mass is 552 g/mol. The van der Waals surface area contributed by atoms with E-state index in [1.54, 1.807) is 19.2 Å². The molecule has 0 bridgehead atoms. The lowest BCUT2D eigenvalue weighted by Gasteiger charge is -2.41. The van der Waals surface area contributed by atoms with Crippen molar-refractivity contribution in [3.63, 3.8) is 0 Å². The second-order valence-electron chi connectivity index (χ2n) is 11.3. The highest BCUT2D eigenvalue weighted by Gasteiger charge is 2.42. The average Bonchev–Trinajstić information content (AvgIpc) is 3.43. The fraction of sp³-hybridized carbons (Fsp3) is 0.364. The number of H-pyrrole nitrogens is 1. The molecule has 2 N–H and O–H groups in total. The molecule has 0 saturated carbocycles. The molecule has 1 aliphatic heterocycles. The first-order chi connectivity index (χ1) is 20.0. The van der Waals surface area contributed by atoms with Gasteiger partial charge in [-0.1, -0.05) is 54.6 Å². The van der Waals surface area contributed by atoms with E-state index < -0.39 is 5.41 Å². The topological polar surface area (TPSA) is 96.5 Å². The van der Waals surface area contributed by atoms with Crippen molar-refractivity contribution >= 4 is 22.8 Å². The molecule has 0 radical (unpaired) electrons.